The lowest BCUT2D eigenvalue weighted by molar-refractivity contribution is 0.102. The highest BCUT2D eigenvalue weighted by molar-refractivity contribution is 6.31. The molecule has 1 aromatic carbocycles. The fourth-order valence-electron chi connectivity index (χ4n) is 2.13. The number of hydrogen-bond donors (Lipinski definition) is 2. The molecule has 126 valence electrons. The number of rotatable bonds is 5. The number of aromatic nitrogens is 2. The van der Waals surface area contributed by atoms with Gasteiger partial charge in [-0.05, 0) is 36.4 Å². The molecule has 0 radical (unpaired) electrons. The minimum absolute atomic E-state index is 0.0540. The first-order valence-electron chi connectivity index (χ1n) is 7.47. The Hall–Kier alpha value is -2.99. The van der Waals surface area contributed by atoms with E-state index in [0.717, 1.165) is 5.69 Å². The summed E-state index contributed by atoms with van der Waals surface area (Å²) in [6, 6.07) is 11.3. The molecule has 0 saturated heterocycles. The van der Waals surface area contributed by atoms with Gasteiger partial charge in [-0.1, -0.05) is 17.7 Å². The highest BCUT2D eigenvalue weighted by Gasteiger charge is 2.09. The van der Waals surface area contributed by atoms with E-state index in [0.29, 0.717) is 23.5 Å². The van der Waals surface area contributed by atoms with E-state index >= 15 is 0 Å². The summed E-state index contributed by atoms with van der Waals surface area (Å²) in [6.45, 7) is 0.515. The van der Waals surface area contributed by atoms with Gasteiger partial charge in [-0.25, -0.2) is 4.39 Å². The van der Waals surface area contributed by atoms with Gasteiger partial charge in [0.05, 0.1) is 28.5 Å². The molecule has 0 bridgehead atoms. The molecule has 2 aromatic heterocycles. The zero-order valence-corrected chi connectivity index (χ0v) is 13.8. The predicted molar refractivity (Wildman–Crippen MR) is 95.2 cm³/mol. The number of pyridine rings is 2. The van der Waals surface area contributed by atoms with Crippen molar-refractivity contribution in [2.45, 2.75) is 6.54 Å². The number of benzene rings is 1. The van der Waals surface area contributed by atoms with Crippen LogP contribution in [0, 0.1) is 5.82 Å². The molecule has 0 atom stereocenters. The molecule has 3 rings (SSSR count). The fourth-order valence-corrected chi connectivity index (χ4v) is 2.31. The standard InChI is InChI=1S/C18H14ClFN4O/c19-16-8-13(4-5-17(16)20)24-18(25)12-7-15(10-21-9-12)23-11-14-3-1-2-6-22-14/h1-10,23H,11H2,(H,24,25). The third kappa shape index (κ3) is 4.51. The topological polar surface area (TPSA) is 66.9 Å². The Bertz CT molecular complexity index is 889. The summed E-state index contributed by atoms with van der Waals surface area (Å²) in [7, 11) is 0. The summed E-state index contributed by atoms with van der Waals surface area (Å²) in [5.74, 6) is -0.904. The normalized spacial score (nSPS) is 10.3. The zero-order chi connectivity index (χ0) is 17.6. The van der Waals surface area contributed by atoms with E-state index in [2.05, 4.69) is 20.6 Å². The van der Waals surface area contributed by atoms with Crippen molar-refractivity contribution in [3.05, 3.63) is 83.2 Å². The molecule has 3 aromatic rings. The summed E-state index contributed by atoms with van der Waals surface area (Å²) in [5.41, 5.74) is 2.34. The van der Waals surface area contributed by atoms with Gasteiger partial charge in [0, 0.05) is 24.3 Å². The highest BCUT2D eigenvalue weighted by Crippen LogP contribution is 2.20. The molecule has 0 aliphatic rings. The van der Waals surface area contributed by atoms with Crippen molar-refractivity contribution in [2.75, 3.05) is 10.6 Å². The van der Waals surface area contributed by atoms with Gasteiger partial charge in [-0.3, -0.25) is 14.8 Å². The summed E-state index contributed by atoms with van der Waals surface area (Å²) in [6.07, 6.45) is 4.79. The summed E-state index contributed by atoms with van der Waals surface area (Å²) in [4.78, 5) is 20.6. The van der Waals surface area contributed by atoms with Gasteiger partial charge >= 0.3 is 0 Å². The number of anilines is 2. The first kappa shape index (κ1) is 16.9. The Balaban J connectivity index is 1.67. The van der Waals surface area contributed by atoms with E-state index in [1.165, 1.54) is 24.4 Å². The first-order chi connectivity index (χ1) is 12.1. The van der Waals surface area contributed by atoms with Crippen molar-refractivity contribution in [1.82, 2.24) is 9.97 Å². The summed E-state index contributed by atoms with van der Waals surface area (Å²) >= 11 is 5.71. The van der Waals surface area contributed by atoms with Crippen LogP contribution in [-0.4, -0.2) is 15.9 Å². The fraction of sp³-hybridized carbons (Fsp3) is 0.0556. The lowest BCUT2D eigenvalue weighted by Gasteiger charge is -2.09. The second-order valence-electron chi connectivity index (χ2n) is 5.22. The zero-order valence-electron chi connectivity index (χ0n) is 13.0. The van der Waals surface area contributed by atoms with Gasteiger partial charge in [0.2, 0.25) is 0 Å². The third-order valence-corrected chi connectivity index (χ3v) is 3.67. The van der Waals surface area contributed by atoms with Crippen molar-refractivity contribution in [3.8, 4) is 0 Å². The van der Waals surface area contributed by atoms with Crippen LogP contribution in [0.15, 0.2) is 61.1 Å². The second-order valence-corrected chi connectivity index (χ2v) is 5.63. The highest BCUT2D eigenvalue weighted by atomic mass is 35.5. The quantitative estimate of drug-likeness (QED) is 0.721. The number of amides is 1. The minimum atomic E-state index is -0.540. The van der Waals surface area contributed by atoms with E-state index in [4.69, 9.17) is 11.6 Å². The monoisotopic (exact) mass is 356 g/mol. The summed E-state index contributed by atoms with van der Waals surface area (Å²) in [5, 5.41) is 5.76. The number of halogens is 2. The lowest BCUT2D eigenvalue weighted by atomic mass is 10.2. The number of nitrogens with one attached hydrogen (secondary N) is 2. The van der Waals surface area contributed by atoms with E-state index in [-0.39, 0.29) is 10.9 Å². The van der Waals surface area contributed by atoms with Gasteiger partial charge in [0.25, 0.3) is 5.91 Å². The van der Waals surface area contributed by atoms with Crippen LogP contribution in [-0.2, 0) is 6.54 Å². The van der Waals surface area contributed by atoms with Crippen LogP contribution >= 0.6 is 11.6 Å². The molecule has 0 unspecified atom stereocenters. The lowest BCUT2D eigenvalue weighted by Crippen LogP contribution is -2.13. The molecule has 0 saturated carbocycles. The minimum Gasteiger partial charge on any atom is -0.378 e. The largest absolute Gasteiger partial charge is 0.378 e. The maximum atomic E-state index is 13.2. The maximum Gasteiger partial charge on any atom is 0.257 e. The number of carbonyl (C=O) groups excluding carboxylic acids is 1. The van der Waals surface area contributed by atoms with E-state index in [1.807, 2.05) is 18.2 Å². The van der Waals surface area contributed by atoms with Crippen LogP contribution in [0.3, 0.4) is 0 Å². The van der Waals surface area contributed by atoms with Gasteiger partial charge in [0.1, 0.15) is 5.82 Å². The van der Waals surface area contributed by atoms with E-state index < -0.39 is 5.82 Å². The smallest absolute Gasteiger partial charge is 0.257 e. The molecular formula is C18H14ClFN4O. The second kappa shape index (κ2) is 7.72. The van der Waals surface area contributed by atoms with Crippen LogP contribution in [0.25, 0.3) is 0 Å². The Morgan fingerprint density at radius 3 is 2.76 bits per heavy atom. The Labute approximate surface area is 148 Å². The Kier molecular flexibility index (Phi) is 5.20. The first-order valence-corrected chi connectivity index (χ1v) is 7.85. The molecule has 0 spiro atoms. The molecule has 2 N–H and O–H groups in total. The molecule has 25 heavy (non-hydrogen) atoms. The van der Waals surface area contributed by atoms with Crippen LogP contribution in [0.5, 0.6) is 0 Å². The Morgan fingerprint density at radius 2 is 2.00 bits per heavy atom. The average Bonchev–Trinajstić information content (AvgIpc) is 2.64. The number of carbonyl (C=O) groups is 1. The van der Waals surface area contributed by atoms with Crippen LogP contribution < -0.4 is 10.6 Å². The van der Waals surface area contributed by atoms with Gasteiger partial charge in [-0.15, -0.1) is 0 Å². The van der Waals surface area contributed by atoms with Crippen LogP contribution in [0.4, 0.5) is 15.8 Å². The molecule has 1 amide bonds. The molecule has 0 aliphatic carbocycles. The summed E-state index contributed by atoms with van der Waals surface area (Å²) < 4.78 is 13.2. The van der Waals surface area contributed by atoms with Crippen molar-refractivity contribution < 1.29 is 9.18 Å². The van der Waals surface area contributed by atoms with Crippen LogP contribution in [0.1, 0.15) is 16.1 Å². The number of nitrogens with zero attached hydrogens (tertiary/aromatic N) is 2. The molecule has 0 aliphatic heterocycles. The maximum absolute atomic E-state index is 13.2. The van der Waals surface area contributed by atoms with Gasteiger partial charge in [-0.2, -0.15) is 0 Å². The van der Waals surface area contributed by atoms with Crippen molar-refractivity contribution >= 4 is 28.9 Å². The van der Waals surface area contributed by atoms with Crippen molar-refractivity contribution in [1.29, 1.82) is 0 Å². The van der Waals surface area contributed by atoms with Crippen molar-refractivity contribution in [2.24, 2.45) is 0 Å². The molecule has 2 heterocycles. The molecule has 0 fully saturated rings. The predicted octanol–water partition coefficient (Wildman–Crippen LogP) is 4.13. The third-order valence-electron chi connectivity index (χ3n) is 3.38. The molecule has 7 heteroatoms. The van der Waals surface area contributed by atoms with E-state index in [9.17, 15) is 9.18 Å². The van der Waals surface area contributed by atoms with Crippen LogP contribution in [0.2, 0.25) is 5.02 Å². The SMILES string of the molecule is O=C(Nc1ccc(F)c(Cl)c1)c1cncc(NCc2ccccn2)c1. The number of hydrogen-bond acceptors (Lipinski definition) is 4. The molecular weight excluding hydrogens is 343 g/mol. The van der Waals surface area contributed by atoms with Crippen molar-refractivity contribution in [3.63, 3.8) is 0 Å². The van der Waals surface area contributed by atoms with Gasteiger partial charge < -0.3 is 10.6 Å². The Morgan fingerprint density at radius 1 is 1.12 bits per heavy atom. The van der Waals surface area contributed by atoms with E-state index in [1.54, 1.807) is 18.5 Å². The average molecular weight is 357 g/mol. The van der Waals surface area contributed by atoms with Gasteiger partial charge in [0.15, 0.2) is 0 Å². The molecule has 5 nitrogen and oxygen atoms in total.